The van der Waals surface area contributed by atoms with Crippen molar-refractivity contribution in [1.82, 2.24) is 10.2 Å². The Balaban J connectivity index is 1.40. The Morgan fingerprint density at radius 2 is 1.77 bits per heavy atom. The number of aryl methyl sites for hydroxylation is 1. The van der Waals surface area contributed by atoms with Gasteiger partial charge < -0.3 is 10.1 Å². The van der Waals surface area contributed by atoms with E-state index in [-0.39, 0.29) is 5.91 Å². The summed E-state index contributed by atoms with van der Waals surface area (Å²) in [6, 6.07) is 16.5. The first kappa shape index (κ1) is 18.5. The average molecular weight is 352 g/mol. The maximum atomic E-state index is 12.1. The molecule has 1 saturated heterocycles. The summed E-state index contributed by atoms with van der Waals surface area (Å²) in [6.45, 7) is 4.05. The monoisotopic (exact) mass is 352 g/mol. The van der Waals surface area contributed by atoms with Gasteiger partial charge in [0.05, 0.1) is 7.11 Å². The highest BCUT2D eigenvalue weighted by atomic mass is 16.5. The Morgan fingerprint density at radius 3 is 2.50 bits per heavy atom. The number of carbonyl (C=O) groups excluding carboxylic acids is 1. The van der Waals surface area contributed by atoms with E-state index in [4.69, 9.17) is 4.74 Å². The molecule has 0 saturated carbocycles. The smallest absolute Gasteiger partial charge is 0.220 e. The molecule has 1 aliphatic heterocycles. The highest BCUT2D eigenvalue weighted by molar-refractivity contribution is 5.76. The van der Waals surface area contributed by atoms with E-state index in [0.717, 1.165) is 29.8 Å². The van der Waals surface area contributed by atoms with Gasteiger partial charge >= 0.3 is 0 Å². The van der Waals surface area contributed by atoms with Crippen LogP contribution in [0.15, 0.2) is 48.5 Å². The second-order valence-electron chi connectivity index (χ2n) is 6.93. The Bertz CT molecular complexity index is 706. The molecule has 3 rings (SSSR count). The van der Waals surface area contributed by atoms with Gasteiger partial charge in [0.1, 0.15) is 5.75 Å². The summed E-state index contributed by atoms with van der Waals surface area (Å²) in [5.41, 5.74) is 3.61. The second kappa shape index (κ2) is 9.39. The van der Waals surface area contributed by atoms with Crippen molar-refractivity contribution in [2.24, 2.45) is 0 Å². The number of nitrogens with zero attached hydrogens (tertiary/aromatic N) is 1. The molecule has 0 atom stereocenters. The molecule has 0 unspecified atom stereocenters. The normalized spacial score (nSPS) is 14.3. The van der Waals surface area contributed by atoms with E-state index in [2.05, 4.69) is 34.5 Å². The number of amides is 1. The zero-order chi connectivity index (χ0) is 18.2. The summed E-state index contributed by atoms with van der Waals surface area (Å²) in [5, 5.41) is 3.01. The number of rotatable bonds is 8. The number of hydrogen-bond donors (Lipinski definition) is 1. The topological polar surface area (TPSA) is 41.6 Å². The molecule has 0 spiro atoms. The standard InChI is InChI=1S/C22H28N2O2/c1-26-21-6-4-5-18(15-21)11-12-22(25)23-16-19-7-9-20(10-8-19)17-24-13-2-3-14-24/h4-10,15H,2-3,11-14,16-17H2,1H3,(H,23,25). The predicted molar refractivity (Wildman–Crippen MR) is 104 cm³/mol. The second-order valence-corrected chi connectivity index (χ2v) is 6.93. The number of methoxy groups -OCH3 is 1. The molecular weight excluding hydrogens is 324 g/mol. The van der Waals surface area contributed by atoms with Crippen molar-refractivity contribution in [3.05, 3.63) is 65.2 Å². The molecule has 4 nitrogen and oxygen atoms in total. The van der Waals surface area contributed by atoms with Crippen molar-refractivity contribution in [2.75, 3.05) is 20.2 Å². The van der Waals surface area contributed by atoms with Gasteiger partial charge in [0.25, 0.3) is 0 Å². The maximum absolute atomic E-state index is 12.1. The molecule has 2 aromatic rings. The minimum absolute atomic E-state index is 0.0777. The molecule has 0 bridgehead atoms. The van der Waals surface area contributed by atoms with Gasteiger partial charge in [-0.1, -0.05) is 36.4 Å². The fraction of sp³-hybridized carbons (Fsp3) is 0.409. The van der Waals surface area contributed by atoms with E-state index < -0.39 is 0 Å². The summed E-state index contributed by atoms with van der Waals surface area (Å²) >= 11 is 0. The van der Waals surface area contributed by atoms with Crippen molar-refractivity contribution in [3.63, 3.8) is 0 Å². The third kappa shape index (κ3) is 5.60. The Kier molecular flexibility index (Phi) is 6.67. The average Bonchev–Trinajstić information content (AvgIpc) is 3.19. The van der Waals surface area contributed by atoms with E-state index in [1.165, 1.54) is 31.5 Å². The fourth-order valence-corrected chi connectivity index (χ4v) is 3.34. The molecule has 0 aromatic heterocycles. The van der Waals surface area contributed by atoms with Crippen LogP contribution >= 0.6 is 0 Å². The molecular formula is C22H28N2O2. The zero-order valence-electron chi connectivity index (χ0n) is 15.5. The molecule has 1 heterocycles. The van der Waals surface area contributed by atoms with Crippen molar-refractivity contribution >= 4 is 5.91 Å². The molecule has 138 valence electrons. The number of likely N-dealkylation sites (tertiary alicyclic amines) is 1. The Labute approximate surface area is 156 Å². The summed E-state index contributed by atoms with van der Waals surface area (Å²) in [5.74, 6) is 0.908. The number of hydrogen-bond acceptors (Lipinski definition) is 3. The first-order valence-electron chi connectivity index (χ1n) is 9.43. The Hall–Kier alpha value is -2.33. The molecule has 2 aromatic carbocycles. The van der Waals surface area contributed by atoms with Crippen LogP contribution in [0, 0.1) is 0 Å². The van der Waals surface area contributed by atoms with Gasteiger partial charge in [0, 0.05) is 19.5 Å². The van der Waals surface area contributed by atoms with Crippen LogP contribution in [0.1, 0.15) is 36.0 Å². The van der Waals surface area contributed by atoms with Crippen LogP contribution in [-0.4, -0.2) is 31.0 Å². The van der Waals surface area contributed by atoms with Gasteiger partial charge in [-0.2, -0.15) is 0 Å². The molecule has 26 heavy (non-hydrogen) atoms. The lowest BCUT2D eigenvalue weighted by atomic mass is 10.1. The molecule has 4 heteroatoms. The highest BCUT2D eigenvalue weighted by Gasteiger charge is 2.11. The van der Waals surface area contributed by atoms with Crippen LogP contribution in [0.3, 0.4) is 0 Å². The van der Waals surface area contributed by atoms with Gasteiger partial charge in [-0.25, -0.2) is 0 Å². The summed E-state index contributed by atoms with van der Waals surface area (Å²) in [6.07, 6.45) is 3.85. The van der Waals surface area contributed by atoms with Crippen molar-refractivity contribution in [1.29, 1.82) is 0 Å². The summed E-state index contributed by atoms with van der Waals surface area (Å²) in [7, 11) is 1.65. The lowest BCUT2D eigenvalue weighted by molar-refractivity contribution is -0.121. The minimum atomic E-state index is 0.0777. The molecule has 1 amide bonds. The quantitative estimate of drug-likeness (QED) is 0.790. The van der Waals surface area contributed by atoms with Gasteiger partial charge in [0.15, 0.2) is 0 Å². The van der Waals surface area contributed by atoms with Crippen LogP contribution in [0.25, 0.3) is 0 Å². The summed E-state index contributed by atoms with van der Waals surface area (Å²) in [4.78, 5) is 14.6. The molecule has 0 aliphatic carbocycles. The Morgan fingerprint density at radius 1 is 1.04 bits per heavy atom. The van der Waals surface area contributed by atoms with Crippen LogP contribution in [0.5, 0.6) is 5.75 Å². The molecule has 1 fully saturated rings. The first-order chi connectivity index (χ1) is 12.7. The molecule has 1 aliphatic rings. The van der Waals surface area contributed by atoms with Gasteiger partial charge in [0.2, 0.25) is 5.91 Å². The number of nitrogens with one attached hydrogen (secondary N) is 1. The van der Waals surface area contributed by atoms with Gasteiger partial charge in [-0.15, -0.1) is 0 Å². The third-order valence-corrected chi connectivity index (χ3v) is 4.89. The molecule has 1 N–H and O–H groups in total. The fourth-order valence-electron chi connectivity index (χ4n) is 3.34. The van der Waals surface area contributed by atoms with Crippen LogP contribution in [0.2, 0.25) is 0 Å². The third-order valence-electron chi connectivity index (χ3n) is 4.89. The zero-order valence-corrected chi connectivity index (χ0v) is 15.5. The number of carbonyl (C=O) groups is 1. The number of benzene rings is 2. The maximum Gasteiger partial charge on any atom is 0.220 e. The van der Waals surface area contributed by atoms with E-state index in [1.54, 1.807) is 7.11 Å². The van der Waals surface area contributed by atoms with E-state index in [0.29, 0.717) is 13.0 Å². The van der Waals surface area contributed by atoms with Crippen LogP contribution in [-0.2, 0) is 24.3 Å². The predicted octanol–water partition coefficient (Wildman–Crippen LogP) is 3.54. The van der Waals surface area contributed by atoms with Crippen LogP contribution < -0.4 is 10.1 Å². The van der Waals surface area contributed by atoms with Crippen molar-refractivity contribution in [3.8, 4) is 5.75 Å². The van der Waals surface area contributed by atoms with Crippen LogP contribution in [0.4, 0.5) is 0 Å². The molecule has 0 radical (unpaired) electrons. The van der Waals surface area contributed by atoms with E-state index in [1.807, 2.05) is 24.3 Å². The first-order valence-corrected chi connectivity index (χ1v) is 9.43. The lowest BCUT2D eigenvalue weighted by Crippen LogP contribution is -2.23. The minimum Gasteiger partial charge on any atom is -0.497 e. The largest absolute Gasteiger partial charge is 0.497 e. The van der Waals surface area contributed by atoms with E-state index in [9.17, 15) is 4.79 Å². The lowest BCUT2D eigenvalue weighted by Gasteiger charge is -2.14. The SMILES string of the molecule is COc1cccc(CCC(=O)NCc2ccc(CN3CCCC3)cc2)c1. The number of ether oxygens (including phenoxy) is 1. The summed E-state index contributed by atoms with van der Waals surface area (Å²) < 4.78 is 5.21. The van der Waals surface area contributed by atoms with Crippen molar-refractivity contribution < 1.29 is 9.53 Å². The highest BCUT2D eigenvalue weighted by Crippen LogP contribution is 2.15. The van der Waals surface area contributed by atoms with Gasteiger partial charge in [-0.3, -0.25) is 9.69 Å². The van der Waals surface area contributed by atoms with E-state index >= 15 is 0 Å². The van der Waals surface area contributed by atoms with Gasteiger partial charge in [-0.05, 0) is 61.2 Å². The van der Waals surface area contributed by atoms with Crippen molar-refractivity contribution in [2.45, 2.75) is 38.8 Å².